The van der Waals surface area contributed by atoms with Crippen LogP contribution in [0.4, 0.5) is 0 Å². The van der Waals surface area contributed by atoms with Crippen molar-refractivity contribution >= 4 is 5.97 Å². The predicted octanol–water partition coefficient (Wildman–Crippen LogP) is 1.79. The molecule has 0 bridgehead atoms. The zero-order chi connectivity index (χ0) is 12.3. The first-order valence-corrected chi connectivity index (χ1v) is 5.48. The smallest absolute Gasteiger partial charge is 0.340 e. The second-order valence-electron chi connectivity index (χ2n) is 4.17. The molecule has 3 heteroatoms. The molecule has 2 rings (SSSR count). The van der Waals surface area contributed by atoms with Crippen molar-refractivity contribution in [2.45, 2.75) is 12.0 Å². The molecular weight excluding hydrogens is 216 g/mol. The molecule has 0 aliphatic heterocycles. The molecule has 88 valence electrons. The van der Waals surface area contributed by atoms with Crippen LogP contribution in [0.3, 0.4) is 0 Å². The molecule has 17 heavy (non-hydrogen) atoms. The van der Waals surface area contributed by atoms with Crippen LogP contribution < -0.4 is 0 Å². The van der Waals surface area contributed by atoms with Gasteiger partial charge in [0.1, 0.15) is 0 Å². The number of carboxylic acid groups (broad SMARTS) is 1. The van der Waals surface area contributed by atoms with Crippen molar-refractivity contribution in [2.75, 3.05) is 0 Å². The fraction of sp³-hybridized carbons (Fsp3) is 0.214. The van der Waals surface area contributed by atoms with Gasteiger partial charge in [-0.2, -0.15) is 0 Å². The fourth-order valence-electron chi connectivity index (χ4n) is 1.99. The Hall–Kier alpha value is -1.87. The lowest BCUT2D eigenvalue weighted by Crippen LogP contribution is -2.45. The number of benzene rings is 1. The van der Waals surface area contributed by atoms with Crippen LogP contribution in [0, 0.1) is 5.92 Å². The molecule has 1 aromatic carbocycles. The molecule has 0 fully saturated rings. The monoisotopic (exact) mass is 230 g/mol. The third-order valence-electron chi connectivity index (χ3n) is 3.01. The number of carboxylic acids is 1. The standard InChI is InChI=1S/C14H14O3/c15-13(16)14(17)9-5-4-8-12(14)10-11-6-2-1-3-7-11/h1-9,12,17H,10H2,(H,15,16). The normalized spacial score (nSPS) is 27.0. The van der Waals surface area contributed by atoms with Crippen molar-refractivity contribution < 1.29 is 15.0 Å². The Morgan fingerprint density at radius 3 is 2.59 bits per heavy atom. The van der Waals surface area contributed by atoms with Crippen molar-refractivity contribution in [3.05, 3.63) is 60.2 Å². The SMILES string of the molecule is O=C(O)C1(O)C=CC=CC1Cc1ccccc1. The van der Waals surface area contributed by atoms with E-state index >= 15 is 0 Å². The molecule has 0 radical (unpaired) electrons. The predicted molar refractivity (Wildman–Crippen MR) is 64.5 cm³/mol. The van der Waals surface area contributed by atoms with Crippen LogP contribution in [-0.4, -0.2) is 21.8 Å². The van der Waals surface area contributed by atoms with E-state index in [2.05, 4.69) is 0 Å². The van der Waals surface area contributed by atoms with Crippen molar-refractivity contribution in [3.63, 3.8) is 0 Å². The van der Waals surface area contributed by atoms with Crippen LogP contribution in [0.1, 0.15) is 5.56 Å². The highest BCUT2D eigenvalue weighted by Gasteiger charge is 2.41. The fourth-order valence-corrected chi connectivity index (χ4v) is 1.99. The highest BCUT2D eigenvalue weighted by Crippen LogP contribution is 2.28. The van der Waals surface area contributed by atoms with E-state index in [-0.39, 0.29) is 0 Å². The van der Waals surface area contributed by atoms with Gasteiger partial charge in [-0.25, -0.2) is 4.79 Å². The Labute approximate surface area is 99.7 Å². The average molecular weight is 230 g/mol. The first kappa shape index (κ1) is 11.6. The van der Waals surface area contributed by atoms with Gasteiger partial charge in [0, 0.05) is 5.92 Å². The molecule has 0 saturated heterocycles. The van der Waals surface area contributed by atoms with Gasteiger partial charge in [0.05, 0.1) is 0 Å². The molecule has 2 atom stereocenters. The summed E-state index contributed by atoms with van der Waals surface area (Å²) in [5, 5.41) is 19.2. The summed E-state index contributed by atoms with van der Waals surface area (Å²) in [5.74, 6) is -1.65. The zero-order valence-corrected chi connectivity index (χ0v) is 9.28. The quantitative estimate of drug-likeness (QED) is 0.832. The maximum atomic E-state index is 11.1. The number of carbonyl (C=O) groups is 1. The van der Waals surface area contributed by atoms with Crippen molar-refractivity contribution in [1.82, 2.24) is 0 Å². The average Bonchev–Trinajstić information content (AvgIpc) is 2.33. The van der Waals surface area contributed by atoms with Crippen molar-refractivity contribution in [3.8, 4) is 0 Å². The summed E-state index contributed by atoms with van der Waals surface area (Å²) < 4.78 is 0. The molecular formula is C14H14O3. The molecule has 1 aromatic rings. The van der Waals surface area contributed by atoms with Gasteiger partial charge in [-0.1, -0.05) is 48.6 Å². The number of rotatable bonds is 3. The largest absolute Gasteiger partial charge is 0.479 e. The first-order valence-electron chi connectivity index (χ1n) is 5.48. The summed E-state index contributed by atoms with van der Waals surface area (Å²) in [6, 6.07) is 9.56. The third-order valence-corrected chi connectivity index (χ3v) is 3.01. The lowest BCUT2D eigenvalue weighted by molar-refractivity contribution is -0.156. The minimum Gasteiger partial charge on any atom is -0.479 e. The first-order chi connectivity index (χ1) is 8.13. The van der Waals surface area contributed by atoms with Crippen LogP contribution in [-0.2, 0) is 11.2 Å². The summed E-state index contributed by atoms with van der Waals surface area (Å²) in [6.45, 7) is 0. The summed E-state index contributed by atoms with van der Waals surface area (Å²) in [6.07, 6.45) is 6.91. The molecule has 3 nitrogen and oxygen atoms in total. The minimum atomic E-state index is -1.80. The minimum absolute atomic E-state index is 0.438. The molecule has 2 unspecified atom stereocenters. The van der Waals surface area contributed by atoms with Gasteiger partial charge in [-0.15, -0.1) is 0 Å². The Bertz CT molecular complexity index is 462. The van der Waals surface area contributed by atoms with E-state index in [9.17, 15) is 9.90 Å². The van der Waals surface area contributed by atoms with E-state index in [1.807, 2.05) is 30.3 Å². The Morgan fingerprint density at radius 2 is 1.94 bits per heavy atom. The molecule has 0 saturated carbocycles. The van der Waals surface area contributed by atoms with Crippen LogP contribution in [0.25, 0.3) is 0 Å². The van der Waals surface area contributed by atoms with Gasteiger partial charge in [-0.05, 0) is 18.1 Å². The molecule has 0 heterocycles. The molecule has 0 aromatic heterocycles. The maximum absolute atomic E-state index is 11.1. The topological polar surface area (TPSA) is 57.5 Å². The lowest BCUT2D eigenvalue weighted by Gasteiger charge is -2.29. The summed E-state index contributed by atoms with van der Waals surface area (Å²) in [7, 11) is 0. The second kappa shape index (κ2) is 4.55. The number of hydrogen-bond acceptors (Lipinski definition) is 2. The number of allylic oxidation sites excluding steroid dienone is 2. The Morgan fingerprint density at radius 1 is 1.24 bits per heavy atom. The van der Waals surface area contributed by atoms with E-state index in [0.717, 1.165) is 5.56 Å². The van der Waals surface area contributed by atoms with E-state index < -0.39 is 17.5 Å². The van der Waals surface area contributed by atoms with Gasteiger partial charge in [-0.3, -0.25) is 0 Å². The summed E-state index contributed by atoms with van der Waals surface area (Å²) >= 11 is 0. The highest BCUT2D eigenvalue weighted by molar-refractivity contribution is 5.81. The van der Waals surface area contributed by atoms with E-state index in [1.165, 1.54) is 6.08 Å². The lowest BCUT2D eigenvalue weighted by atomic mass is 9.80. The second-order valence-corrected chi connectivity index (χ2v) is 4.17. The van der Waals surface area contributed by atoms with Gasteiger partial charge in [0.15, 0.2) is 5.60 Å². The summed E-state index contributed by atoms with van der Waals surface area (Å²) in [5.41, 5.74) is -0.790. The van der Waals surface area contributed by atoms with Crippen molar-refractivity contribution in [2.24, 2.45) is 5.92 Å². The summed E-state index contributed by atoms with van der Waals surface area (Å²) in [4.78, 5) is 11.1. The number of aliphatic hydroxyl groups is 1. The highest BCUT2D eigenvalue weighted by atomic mass is 16.4. The molecule has 0 amide bonds. The van der Waals surface area contributed by atoms with Crippen LogP contribution in [0.2, 0.25) is 0 Å². The van der Waals surface area contributed by atoms with Gasteiger partial charge < -0.3 is 10.2 Å². The van der Waals surface area contributed by atoms with E-state index in [4.69, 9.17) is 5.11 Å². The van der Waals surface area contributed by atoms with Gasteiger partial charge >= 0.3 is 5.97 Å². The molecule has 1 aliphatic carbocycles. The molecule has 2 N–H and O–H groups in total. The number of aliphatic carboxylic acids is 1. The zero-order valence-electron chi connectivity index (χ0n) is 9.28. The van der Waals surface area contributed by atoms with E-state index in [1.54, 1.807) is 18.2 Å². The number of hydrogen-bond donors (Lipinski definition) is 2. The maximum Gasteiger partial charge on any atom is 0.340 e. The van der Waals surface area contributed by atoms with Crippen LogP contribution in [0.15, 0.2) is 54.6 Å². The molecule has 1 aliphatic rings. The van der Waals surface area contributed by atoms with Crippen molar-refractivity contribution in [1.29, 1.82) is 0 Å². The third kappa shape index (κ3) is 2.29. The van der Waals surface area contributed by atoms with Crippen LogP contribution >= 0.6 is 0 Å². The van der Waals surface area contributed by atoms with Gasteiger partial charge in [0.25, 0.3) is 0 Å². The van der Waals surface area contributed by atoms with E-state index in [0.29, 0.717) is 6.42 Å². The Balaban J connectivity index is 2.23. The van der Waals surface area contributed by atoms with Crippen LogP contribution in [0.5, 0.6) is 0 Å². The molecule has 0 spiro atoms. The Kier molecular flexibility index (Phi) is 3.11. The van der Waals surface area contributed by atoms with Gasteiger partial charge in [0.2, 0.25) is 0 Å².